The molecule has 7 rings (SSSR count). The van der Waals surface area contributed by atoms with Gasteiger partial charge in [0.15, 0.2) is 11.6 Å². The molecule has 0 atom stereocenters. The maximum absolute atomic E-state index is 14.9. The summed E-state index contributed by atoms with van der Waals surface area (Å²) in [5, 5.41) is 10.4. The fraction of sp³-hybridized carbons (Fsp3) is 0.139. The molecule has 0 aliphatic carbocycles. The quantitative estimate of drug-likeness (QED) is 0.164. The number of likely N-dealkylation sites (tertiary alicyclic amines) is 1. The van der Waals surface area contributed by atoms with Crippen molar-refractivity contribution in [2.75, 3.05) is 30.3 Å². The van der Waals surface area contributed by atoms with Gasteiger partial charge in [0.05, 0.1) is 23.3 Å². The highest BCUT2D eigenvalue weighted by Crippen LogP contribution is 2.36. The molecule has 13 heteroatoms. The highest BCUT2D eigenvalue weighted by molar-refractivity contribution is 6.05. The van der Waals surface area contributed by atoms with E-state index < -0.39 is 28.9 Å². The average molecular weight is 664 g/mol. The summed E-state index contributed by atoms with van der Waals surface area (Å²) in [5.74, 6) is -3.09. The van der Waals surface area contributed by atoms with Gasteiger partial charge < -0.3 is 20.3 Å². The van der Waals surface area contributed by atoms with Gasteiger partial charge in [0.1, 0.15) is 29.5 Å². The van der Waals surface area contributed by atoms with Gasteiger partial charge in [-0.3, -0.25) is 9.59 Å². The largest absolute Gasteiger partial charge is 0.489 e. The van der Waals surface area contributed by atoms with Crippen LogP contribution in [-0.2, 0) is 4.79 Å². The van der Waals surface area contributed by atoms with E-state index in [1.165, 1.54) is 18.2 Å². The normalized spacial score (nSPS) is 12.8. The Labute approximate surface area is 278 Å². The van der Waals surface area contributed by atoms with E-state index in [2.05, 4.69) is 15.6 Å². The van der Waals surface area contributed by atoms with Crippen molar-refractivity contribution in [3.63, 3.8) is 0 Å². The minimum absolute atomic E-state index is 0.0697. The Hall–Kier alpha value is -6.24. The number of hydrogen-bond acceptors (Lipinski definition) is 7. The van der Waals surface area contributed by atoms with Crippen LogP contribution in [0, 0.1) is 17.5 Å². The summed E-state index contributed by atoms with van der Waals surface area (Å²) in [6.07, 6.45) is 4.70. The lowest BCUT2D eigenvalue weighted by molar-refractivity contribution is -0.128. The fourth-order valence-electron chi connectivity index (χ4n) is 5.70. The monoisotopic (exact) mass is 663 g/mol. The number of nitrogens with one attached hydrogen (secondary N) is 2. The van der Waals surface area contributed by atoms with Crippen molar-refractivity contribution >= 4 is 34.7 Å². The van der Waals surface area contributed by atoms with E-state index in [9.17, 15) is 22.8 Å². The van der Waals surface area contributed by atoms with Crippen molar-refractivity contribution in [1.82, 2.24) is 24.5 Å². The summed E-state index contributed by atoms with van der Waals surface area (Å²) in [7, 11) is 0. The fourth-order valence-corrected chi connectivity index (χ4v) is 5.70. The Bertz CT molecular complexity index is 2190. The van der Waals surface area contributed by atoms with Gasteiger partial charge in [-0.2, -0.15) is 5.10 Å². The van der Waals surface area contributed by atoms with E-state index in [1.807, 2.05) is 18.2 Å². The molecule has 6 aromatic rings. The van der Waals surface area contributed by atoms with Crippen molar-refractivity contribution in [2.24, 2.45) is 0 Å². The van der Waals surface area contributed by atoms with Crippen LogP contribution in [-0.4, -0.2) is 56.0 Å². The Morgan fingerprint density at radius 2 is 1.73 bits per heavy atom. The third kappa shape index (κ3) is 6.63. The standard InChI is InChI=1S/C36H28F3N7O3/c37-25-8-4-9-26(38)32(25)35(48)41-23-7-3-6-22(20-23)34-33(29-10-1-2-17-46(29)44-34)28-14-15-40-36(43-28)42-24-12-13-30(27(39)21-24)49-19-18-45-16-5-11-31(45)47/h1-4,6-10,12-15,17,20-21H,5,11,16,18-19H2,(H,41,48)(H,40,42,43). The molecule has 0 saturated carbocycles. The van der Waals surface area contributed by atoms with Crippen molar-refractivity contribution in [1.29, 1.82) is 0 Å². The first-order valence-electron chi connectivity index (χ1n) is 15.5. The molecule has 0 unspecified atom stereocenters. The van der Waals surface area contributed by atoms with Crippen molar-refractivity contribution in [3.05, 3.63) is 120 Å². The van der Waals surface area contributed by atoms with E-state index in [0.29, 0.717) is 53.4 Å². The highest BCUT2D eigenvalue weighted by atomic mass is 19.1. The second kappa shape index (κ2) is 13.5. The Kier molecular flexibility index (Phi) is 8.62. The molecular weight excluding hydrogens is 635 g/mol. The van der Waals surface area contributed by atoms with Gasteiger partial charge >= 0.3 is 0 Å². The zero-order valence-electron chi connectivity index (χ0n) is 25.9. The van der Waals surface area contributed by atoms with E-state index in [0.717, 1.165) is 24.1 Å². The van der Waals surface area contributed by atoms with Gasteiger partial charge in [0, 0.05) is 48.4 Å². The van der Waals surface area contributed by atoms with Crippen LogP contribution in [0.15, 0.2) is 97.3 Å². The summed E-state index contributed by atoms with van der Waals surface area (Å²) in [5.41, 5.74) is 3.03. The first-order chi connectivity index (χ1) is 23.8. The number of fused-ring (bicyclic) bond motifs is 1. The lowest BCUT2D eigenvalue weighted by Gasteiger charge is -2.16. The third-order valence-electron chi connectivity index (χ3n) is 8.01. The topological polar surface area (TPSA) is 114 Å². The Balaban J connectivity index is 1.14. The maximum Gasteiger partial charge on any atom is 0.261 e. The molecule has 1 saturated heterocycles. The SMILES string of the molecule is O=C(Nc1cccc(-c2nn3ccccc3c2-c2ccnc(Nc3ccc(OCCN4CCCC4=O)c(F)c3)n2)c1)c1c(F)cccc1F. The summed E-state index contributed by atoms with van der Waals surface area (Å²) in [4.78, 5) is 35.3. The van der Waals surface area contributed by atoms with Crippen molar-refractivity contribution < 1.29 is 27.5 Å². The van der Waals surface area contributed by atoms with Gasteiger partial charge in [0.2, 0.25) is 11.9 Å². The molecule has 246 valence electrons. The summed E-state index contributed by atoms with van der Waals surface area (Å²) < 4.78 is 50.7. The van der Waals surface area contributed by atoms with Crippen LogP contribution in [0.3, 0.4) is 0 Å². The third-order valence-corrected chi connectivity index (χ3v) is 8.01. The zero-order valence-corrected chi connectivity index (χ0v) is 25.9. The number of pyridine rings is 1. The molecule has 10 nitrogen and oxygen atoms in total. The molecule has 4 heterocycles. The molecule has 2 amide bonds. The molecule has 0 radical (unpaired) electrons. The van der Waals surface area contributed by atoms with Gasteiger partial charge in [-0.25, -0.2) is 27.7 Å². The lowest BCUT2D eigenvalue weighted by atomic mass is 10.0. The molecule has 1 aliphatic rings. The van der Waals surface area contributed by atoms with Crippen LogP contribution >= 0.6 is 0 Å². The molecule has 3 aromatic carbocycles. The molecular formula is C36H28F3N7O3. The van der Waals surface area contributed by atoms with E-state index in [1.54, 1.807) is 58.2 Å². The molecule has 49 heavy (non-hydrogen) atoms. The van der Waals surface area contributed by atoms with Gasteiger partial charge in [0.25, 0.3) is 5.91 Å². The predicted octanol–water partition coefficient (Wildman–Crippen LogP) is 6.87. The number of amides is 2. The number of nitrogens with zero attached hydrogens (tertiary/aromatic N) is 5. The molecule has 0 spiro atoms. The smallest absolute Gasteiger partial charge is 0.261 e. The van der Waals surface area contributed by atoms with Crippen LogP contribution in [0.25, 0.3) is 28.0 Å². The number of ether oxygens (including phenoxy) is 1. The number of hydrogen-bond donors (Lipinski definition) is 2. The highest BCUT2D eigenvalue weighted by Gasteiger charge is 2.22. The maximum atomic E-state index is 14.9. The molecule has 3 aromatic heterocycles. The number of rotatable bonds is 10. The van der Waals surface area contributed by atoms with Crippen LogP contribution in [0.2, 0.25) is 0 Å². The summed E-state index contributed by atoms with van der Waals surface area (Å²) in [6.45, 7) is 1.27. The van der Waals surface area contributed by atoms with Crippen molar-refractivity contribution in [2.45, 2.75) is 12.8 Å². The summed E-state index contributed by atoms with van der Waals surface area (Å²) in [6, 6.07) is 21.7. The van der Waals surface area contributed by atoms with Gasteiger partial charge in [-0.15, -0.1) is 0 Å². The van der Waals surface area contributed by atoms with E-state index in [4.69, 9.17) is 14.8 Å². The van der Waals surface area contributed by atoms with Crippen LogP contribution in [0.5, 0.6) is 5.75 Å². The average Bonchev–Trinajstić information content (AvgIpc) is 3.69. The minimum atomic E-state index is -0.969. The second-order valence-electron chi connectivity index (χ2n) is 11.3. The molecule has 1 aliphatic heterocycles. The van der Waals surface area contributed by atoms with Crippen LogP contribution < -0.4 is 15.4 Å². The van der Waals surface area contributed by atoms with Gasteiger partial charge in [-0.05, 0) is 61.0 Å². The van der Waals surface area contributed by atoms with E-state index >= 15 is 0 Å². The number of halogens is 3. The Morgan fingerprint density at radius 1 is 0.898 bits per heavy atom. The van der Waals surface area contributed by atoms with E-state index in [-0.39, 0.29) is 24.2 Å². The minimum Gasteiger partial charge on any atom is -0.489 e. The predicted molar refractivity (Wildman–Crippen MR) is 177 cm³/mol. The molecule has 0 bridgehead atoms. The zero-order chi connectivity index (χ0) is 33.9. The number of carbonyl (C=O) groups is 2. The number of benzene rings is 3. The first-order valence-corrected chi connectivity index (χ1v) is 15.5. The Morgan fingerprint density at radius 3 is 2.53 bits per heavy atom. The summed E-state index contributed by atoms with van der Waals surface area (Å²) >= 11 is 0. The second-order valence-corrected chi connectivity index (χ2v) is 11.3. The number of anilines is 3. The van der Waals surface area contributed by atoms with Crippen LogP contribution in [0.4, 0.5) is 30.5 Å². The molecule has 1 fully saturated rings. The first kappa shape index (κ1) is 31.4. The number of carbonyl (C=O) groups excluding carboxylic acids is 2. The number of aromatic nitrogens is 4. The lowest BCUT2D eigenvalue weighted by Crippen LogP contribution is -2.29. The van der Waals surface area contributed by atoms with Crippen molar-refractivity contribution in [3.8, 4) is 28.3 Å². The van der Waals surface area contributed by atoms with Crippen LogP contribution in [0.1, 0.15) is 23.2 Å². The van der Waals surface area contributed by atoms with Gasteiger partial charge in [-0.1, -0.05) is 24.3 Å². The molecule has 2 N–H and O–H groups in total.